The Labute approximate surface area is 153 Å². The molecule has 8 nitrogen and oxygen atoms in total. The zero-order chi connectivity index (χ0) is 17.6. The number of aromatic nitrogens is 7. The SMILES string of the molecule is c1cn2c(n1)CCC2.c1cn2c(n1)CCCC2.c1nnc2n1CCNC2. The van der Waals surface area contributed by atoms with Gasteiger partial charge in [0.2, 0.25) is 0 Å². The van der Waals surface area contributed by atoms with E-state index in [0.717, 1.165) is 25.5 Å². The maximum Gasteiger partial charge on any atom is 0.146 e. The minimum Gasteiger partial charge on any atom is -0.335 e. The molecule has 0 aromatic carbocycles. The van der Waals surface area contributed by atoms with Crippen LogP contribution in [0.3, 0.4) is 0 Å². The van der Waals surface area contributed by atoms with Crippen LogP contribution >= 0.6 is 0 Å². The van der Waals surface area contributed by atoms with E-state index in [0.29, 0.717) is 0 Å². The van der Waals surface area contributed by atoms with E-state index in [-0.39, 0.29) is 0 Å². The van der Waals surface area contributed by atoms with Crippen LogP contribution in [0.4, 0.5) is 0 Å². The first-order valence-corrected chi connectivity index (χ1v) is 9.47. The molecule has 3 aliphatic heterocycles. The summed E-state index contributed by atoms with van der Waals surface area (Å²) in [6, 6.07) is 0. The lowest BCUT2D eigenvalue weighted by Crippen LogP contribution is -2.27. The minimum atomic E-state index is 0.861. The summed E-state index contributed by atoms with van der Waals surface area (Å²) in [7, 11) is 0. The molecule has 0 spiro atoms. The third-order valence-electron chi connectivity index (χ3n) is 4.96. The van der Waals surface area contributed by atoms with Crippen LogP contribution in [0.15, 0.2) is 31.1 Å². The first kappa shape index (κ1) is 17.0. The van der Waals surface area contributed by atoms with Gasteiger partial charge in [0.15, 0.2) is 0 Å². The van der Waals surface area contributed by atoms with Gasteiger partial charge >= 0.3 is 0 Å². The van der Waals surface area contributed by atoms with E-state index in [1.54, 1.807) is 6.33 Å². The van der Waals surface area contributed by atoms with E-state index in [9.17, 15) is 0 Å². The largest absolute Gasteiger partial charge is 0.335 e. The fraction of sp³-hybridized carbons (Fsp3) is 0.556. The maximum atomic E-state index is 4.22. The second-order valence-electron chi connectivity index (χ2n) is 6.75. The highest BCUT2D eigenvalue weighted by Crippen LogP contribution is 2.11. The zero-order valence-corrected chi connectivity index (χ0v) is 15.1. The van der Waals surface area contributed by atoms with Crippen LogP contribution < -0.4 is 5.32 Å². The summed E-state index contributed by atoms with van der Waals surface area (Å²) in [5.41, 5.74) is 0. The van der Waals surface area contributed by atoms with Crippen molar-refractivity contribution < 1.29 is 0 Å². The Balaban J connectivity index is 0.0000000972. The predicted molar refractivity (Wildman–Crippen MR) is 97.4 cm³/mol. The molecule has 8 heteroatoms. The molecule has 138 valence electrons. The van der Waals surface area contributed by atoms with Crippen molar-refractivity contribution in [2.45, 2.75) is 58.3 Å². The van der Waals surface area contributed by atoms with E-state index in [4.69, 9.17) is 0 Å². The number of nitrogens with one attached hydrogen (secondary N) is 1. The zero-order valence-electron chi connectivity index (χ0n) is 15.1. The summed E-state index contributed by atoms with van der Waals surface area (Å²) in [6.07, 6.45) is 15.9. The van der Waals surface area contributed by atoms with E-state index in [2.05, 4.69) is 45.4 Å². The van der Waals surface area contributed by atoms with Crippen LogP contribution in [0.1, 0.15) is 36.7 Å². The Morgan fingerprint density at radius 2 is 1.50 bits per heavy atom. The van der Waals surface area contributed by atoms with Gasteiger partial charge in [-0.25, -0.2) is 9.97 Å². The summed E-state index contributed by atoms with van der Waals surface area (Å²) >= 11 is 0. The van der Waals surface area contributed by atoms with E-state index in [1.807, 2.05) is 18.6 Å². The molecule has 0 bridgehead atoms. The average Bonchev–Trinajstić information content (AvgIpc) is 3.46. The van der Waals surface area contributed by atoms with Crippen molar-refractivity contribution in [2.75, 3.05) is 6.54 Å². The molecular weight excluding hydrogens is 328 g/mol. The third kappa shape index (κ3) is 4.01. The molecule has 0 saturated carbocycles. The van der Waals surface area contributed by atoms with Crippen molar-refractivity contribution in [1.29, 1.82) is 0 Å². The highest BCUT2D eigenvalue weighted by atomic mass is 15.3. The molecule has 6 rings (SSSR count). The molecule has 0 aliphatic carbocycles. The Hall–Kier alpha value is -2.48. The predicted octanol–water partition coefficient (Wildman–Crippen LogP) is 1.43. The number of imidazole rings is 2. The van der Waals surface area contributed by atoms with Gasteiger partial charge in [0.1, 0.15) is 23.8 Å². The van der Waals surface area contributed by atoms with Crippen molar-refractivity contribution in [1.82, 2.24) is 39.2 Å². The standard InChI is InChI=1S/C7H10N2.C6H8N2.C5H8N4/c1-2-5-9-6-4-8-7(9)3-1;1-2-6-7-3-5-8(6)4-1;1-2-9-4-7-8-5(9)3-6-1/h4,6H,1-3,5H2;3,5H,1-2,4H2;4,6H,1-3H2. The number of fused-ring (bicyclic) bond motifs is 3. The van der Waals surface area contributed by atoms with Gasteiger partial charge in [0.05, 0.1) is 6.54 Å². The smallest absolute Gasteiger partial charge is 0.146 e. The number of hydrogen-bond acceptors (Lipinski definition) is 5. The Morgan fingerprint density at radius 3 is 2.23 bits per heavy atom. The molecule has 1 N–H and O–H groups in total. The molecule has 6 heterocycles. The normalized spacial score (nSPS) is 17.1. The van der Waals surface area contributed by atoms with Gasteiger partial charge in [-0.1, -0.05) is 0 Å². The van der Waals surface area contributed by atoms with Gasteiger partial charge in [-0.15, -0.1) is 10.2 Å². The minimum absolute atomic E-state index is 0.861. The molecular formula is C18H26N8. The lowest BCUT2D eigenvalue weighted by atomic mass is 10.2. The second kappa shape index (κ2) is 8.27. The number of aryl methyl sites for hydroxylation is 4. The van der Waals surface area contributed by atoms with Crippen LogP contribution in [-0.4, -0.2) is 40.4 Å². The van der Waals surface area contributed by atoms with Gasteiger partial charge in [-0.2, -0.15) is 0 Å². The van der Waals surface area contributed by atoms with Crippen LogP contribution in [0.2, 0.25) is 0 Å². The van der Waals surface area contributed by atoms with Gasteiger partial charge in [0, 0.05) is 63.8 Å². The summed E-state index contributed by atoms with van der Waals surface area (Å²) in [5, 5.41) is 10.9. The molecule has 0 saturated heterocycles. The summed E-state index contributed by atoms with van der Waals surface area (Å²) < 4.78 is 6.51. The Kier molecular flexibility index (Phi) is 5.39. The van der Waals surface area contributed by atoms with Gasteiger partial charge in [-0.05, 0) is 19.3 Å². The van der Waals surface area contributed by atoms with Crippen LogP contribution in [0.5, 0.6) is 0 Å². The van der Waals surface area contributed by atoms with Crippen molar-refractivity contribution in [3.63, 3.8) is 0 Å². The van der Waals surface area contributed by atoms with E-state index < -0.39 is 0 Å². The molecule has 0 atom stereocenters. The average molecular weight is 354 g/mol. The quantitative estimate of drug-likeness (QED) is 0.661. The fourth-order valence-corrected chi connectivity index (χ4v) is 3.52. The molecule has 0 unspecified atom stereocenters. The first-order chi connectivity index (χ1) is 12.9. The summed E-state index contributed by atoms with van der Waals surface area (Å²) in [5.74, 6) is 3.56. The highest BCUT2D eigenvalue weighted by Gasteiger charge is 2.08. The topological polar surface area (TPSA) is 78.4 Å². The summed E-state index contributed by atoms with van der Waals surface area (Å²) in [6.45, 7) is 5.25. The van der Waals surface area contributed by atoms with Crippen molar-refractivity contribution >= 4 is 0 Å². The van der Waals surface area contributed by atoms with Gasteiger partial charge < -0.3 is 19.0 Å². The second-order valence-corrected chi connectivity index (χ2v) is 6.75. The summed E-state index contributed by atoms with van der Waals surface area (Å²) in [4.78, 5) is 8.38. The molecule has 0 radical (unpaired) electrons. The molecule has 0 amide bonds. The first-order valence-electron chi connectivity index (χ1n) is 9.47. The van der Waals surface area contributed by atoms with Crippen LogP contribution in [0, 0.1) is 0 Å². The molecule has 3 aliphatic rings. The van der Waals surface area contributed by atoms with Crippen LogP contribution in [0.25, 0.3) is 0 Å². The lowest BCUT2D eigenvalue weighted by molar-refractivity contribution is 0.505. The highest BCUT2D eigenvalue weighted by molar-refractivity contribution is 4.96. The van der Waals surface area contributed by atoms with Crippen molar-refractivity contribution in [2.24, 2.45) is 0 Å². The molecule has 3 aromatic heterocycles. The van der Waals surface area contributed by atoms with Crippen LogP contribution in [-0.2, 0) is 39.0 Å². The van der Waals surface area contributed by atoms with Gasteiger partial charge in [-0.3, -0.25) is 0 Å². The number of hydrogen-bond donors (Lipinski definition) is 1. The molecule has 3 aromatic rings. The van der Waals surface area contributed by atoms with Crippen molar-refractivity contribution in [3.05, 3.63) is 48.6 Å². The Bertz CT molecular complexity index is 709. The fourth-order valence-electron chi connectivity index (χ4n) is 3.52. The van der Waals surface area contributed by atoms with E-state index in [1.165, 1.54) is 56.8 Å². The monoisotopic (exact) mass is 354 g/mol. The number of nitrogens with zero attached hydrogens (tertiary/aromatic N) is 7. The van der Waals surface area contributed by atoms with Crippen molar-refractivity contribution in [3.8, 4) is 0 Å². The van der Waals surface area contributed by atoms with E-state index >= 15 is 0 Å². The Morgan fingerprint density at radius 1 is 0.769 bits per heavy atom. The molecule has 0 fully saturated rings. The number of rotatable bonds is 0. The third-order valence-corrected chi connectivity index (χ3v) is 4.96. The lowest BCUT2D eigenvalue weighted by Gasteiger charge is -2.12. The van der Waals surface area contributed by atoms with Gasteiger partial charge in [0.25, 0.3) is 0 Å². The maximum absolute atomic E-state index is 4.22. The molecule has 26 heavy (non-hydrogen) atoms.